The van der Waals surface area contributed by atoms with Crippen LogP contribution in [-0.4, -0.2) is 30.1 Å². The van der Waals surface area contributed by atoms with Gasteiger partial charge in [0.25, 0.3) is 0 Å². The van der Waals surface area contributed by atoms with Crippen LogP contribution in [-0.2, 0) is 0 Å². The van der Waals surface area contributed by atoms with Gasteiger partial charge in [0.1, 0.15) is 5.15 Å². The van der Waals surface area contributed by atoms with E-state index in [1.807, 2.05) is 7.05 Å². The van der Waals surface area contributed by atoms with E-state index in [2.05, 4.69) is 23.1 Å². The molecule has 0 saturated carbocycles. The van der Waals surface area contributed by atoms with Crippen molar-refractivity contribution >= 4 is 34.9 Å². The molecule has 2 N–H and O–H groups in total. The third kappa shape index (κ3) is 3.18. The molecule has 5 heteroatoms. The summed E-state index contributed by atoms with van der Waals surface area (Å²) in [4.78, 5) is 6.29. The predicted molar refractivity (Wildman–Crippen MR) is 69.9 cm³/mol. The van der Waals surface area contributed by atoms with Crippen molar-refractivity contribution in [2.75, 3.05) is 29.7 Å². The van der Waals surface area contributed by atoms with Gasteiger partial charge in [0.15, 0.2) is 5.82 Å². The fraction of sp³-hybridized carbons (Fsp3) is 0.500. The van der Waals surface area contributed by atoms with Gasteiger partial charge in [-0.2, -0.15) is 11.8 Å². The van der Waals surface area contributed by atoms with Crippen LogP contribution in [0.4, 0.5) is 11.5 Å². The zero-order chi connectivity index (χ0) is 11.4. The number of hydrogen-bond acceptors (Lipinski definition) is 4. The first kappa shape index (κ1) is 12.5. The van der Waals surface area contributed by atoms with Crippen molar-refractivity contribution in [3.05, 3.63) is 17.3 Å². The molecule has 1 aromatic rings. The fourth-order valence-electron chi connectivity index (χ4n) is 1.28. The number of anilines is 2. The van der Waals surface area contributed by atoms with Gasteiger partial charge in [0.05, 0.1) is 5.69 Å². The Kier molecular flexibility index (Phi) is 4.54. The van der Waals surface area contributed by atoms with Crippen LogP contribution >= 0.6 is 23.4 Å². The van der Waals surface area contributed by atoms with E-state index in [-0.39, 0.29) is 0 Å². The molecular formula is C10H16ClN3S. The smallest absolute Gasteiger partial charge is 0.153 e. The molecule has 0 amide bonds. The van der Waals surface area contributed by atoms with E-state index in [1.165, 1.54) is 0 Å². The SMILES string of the molecule is CSCC(C)N(C)c1nc(Cl)ccc1N. The largest absolute Gasteiger partial charge is 0.396 e. The maximum Gasteiger partial charge on any atom is 0.153 e. The number of pyridine rings is 1. The van der Waals surface area contributed by atoms with E-state index in [4.69, 9.17) is 17.3 Å². The summed E-state index contributed by atoms with van der Waals surface area (Å²) in [5, 5.41) is 0.474. The van der Waals surface area contributed by atoms with Gasteiger partial charge in [-0.1, -0.05) is 11.6 Å². The molecule has 0 saturated heterocycles. The van der Waals surface area contributed by atoms with Crippen molar-refractivity contribution in [2.45, 2.75) is 13.0 Å². The summed E-state index contributed by atoms with van der Waals surface area (Å²) in [6.45, 7) is 2.14. The van der Waals surface area contributed by atoms with E-state index >= 15 is 0 Å². The molecule has 1 unspecified atom stereocenters. The molecule has 1 aromatic heterocycles. The van der Waals surface area contributed by atoms with Gasteiger partial charge in [-0.25, -0.2) is 4.98 Å². The van der Waals surface area contributed by atoms with Crippen LogP contribution in [0.5, 0.6) is 0 Å². The summed E-state index contributed by atoms with van der Waals surface area (Å²) in [5.74, 6) is 1.79. The van der Waals surface area contributed by atoms with E-state index < -0.39 is 0 Å². The number of nitrogens with two attached hydrogens (primary N) is 1. The Labute approximate surface area is 100 Å². The van der Waals surface area contributed by atoms with Crippen LogP contribution in [0.25, 0.3) is 0 Å². The molecule has 0 aliphatic heterocycles. The number of thioether (sulfide) groups is 1. The van der Waals surface area contributed by atoms with Crippen LogP contribution < -0.4 is 10.6 Å². The minimum atomic E-state index is 0.383. The molecule has 1 atom stereocenters. The molecule has 1 heterocycles. The Morgan fingerprint density at radius 1 is 1.60 bits per heavy atom. The Bertz CT molecular complexity index is 332. The Hall–Kier alpha value is -0.610. The zero-order valence-corrected chi connectivity index (χ0v) is 10.8. The number of aromatic nitrogens is 1. The summed E-state index contributed by atoms with van der Waals surface area (Å²) in [6.07, 6.45) is 2.08. The Morgan fingerprint density at radius 2 is 2.27 bits per heavy atom. The van der Waals surface area contributed by atoms with Gasteiger partial charge < -0.3 is 10.6 Å². The molecule has 1 rings (SSSR count). The second-order valence-corrected chi connectivity index (χ2v) is 4.76. The molecule has 84 valence electrons. The highest BCUT2D eigenvalue weighted by Gasteiger charge is 2.13. The second-order valence-electron chi connectivity index (χ2n) is 3.46. The highest BCUT2D eigenvalue weighted by atomic mass is 35.5. The molecular weight excluding hydrogens is 230 g/mol. The van der Waals surface area contributed by atoms with Crippen molar-refractivity contribution in [1.82, 2.24) is 4.98 Å². The highest BCUT2D eigenvalue weighted by Crippen LogP contribution is 2.23. The third-order valence-electron chi connectivity index (χ3n) is 2.27. The topological polar surface area (TPSA) is 42.2 Å². The van der Waals surface area contributed by atoms with Crippen molar-refractivity contribution < 1.29 is 0 Å². The van der Waals surface area contributed by atoms with E-state index in [0.29, 0.717) is 16.9 Å². The number of halogens is 1. The summed E-state index contributed by atoms with van der Waals surface area (Å²) >= 11 is 7.64. The van der Waals surface area contributed by atoms with E-state index in [0.717, 1.165) is 11.6 Å². The lowest BCUT2D eigenvalue weighted by Crippen LogP contribution is -2.32. The molecule has 0 spiro atoms. The maximum absolute atomic E-state index is 5.85. The molecule has 0 aliphatic carbocycles. The van der Waals surface area contributed by atoms with Gasteiger partial charge in [-0.3, -0.25) is 0 Å². The summed E-state index contributed by atoms with van der Waals surface area (Å²) in [7, 11) is 1.98. The molecule has 15 heavy (non-hydrogen) atoms. The molecule has 0 bridgehead atoms. The first-order chi connectivity index (χ1) is 7.06. The Balaban J connectivity index is 2.89. The predicted octanol–water partition coefficient (Wildman–Crippen LogP) is 2.50. The monoisotopic (exact) mass is 245 g/mol. The van der Waals surface area contributed by atoms with Crippen molar-refractivity contribution in [3.63, 3.8) is 0 Å². The number of hydrogen-bond donors (Lipinski definition) is 1. The average molecular weight is 246 g/mol. The molecule has 0 fully saturated rings. The molecule has 0 aromatic carbocycles. The summed E-state index contributed by atoms with van der Waals surface area (Å²) in [6, 6.07) is 3.87. The van der Waals surface area contributed by atoms with Gasteiger partial charge in [0, 0.05) is 18.8 Å². The molecule has 3 nitrogen and oxygen atoms in total. The highest BCUT2D eigenvalue weighted by molar-refractivity contribution is 7.98. The van der Waals surface area contributed by atoms with Gasteiger partial charge >= 0.3 is 0 Å². The summed E-state index contributed by atoms with van der Waals surface area (Å²) in [5.41, 5.74) is 6.52. The van der Waals surface area contributed by atoms with Crippen LogP contribution in [0.15, 0.2) is 12.1 Å². The van der Waals surface area contributed by atoms with Crippen LogP contribution in [0.1, 0.15) is 6.92 Å². The van der Waals surface area contributed by atoms with Crippen LogP contribution in [0, 0.1) is 0 Å². The lowest BCUT2D eigenvalue weighted by atomic mass is 10.3. The first-order valence-corrected chi connectivity index (χ1v) is 6.47. The maximum atomic E-state index is 5.85. The van der Waals surface area contributed by atoms with Crippen LogP contribution in [0.3, 0.4) is 0 Å². The minimum Gasteiger partial charge on any atom is -0.396 e. The number of nitrogen functional groups attached to an aromatic ring is 1. The lowest BCUT2D eigenvalue weighted by molar-refractivity contribution is 0.755. The standard InChI is InChI=1S/C10H16ClN3S/c1-7(6-15-3)14(2)10-8(12)4-5-9(11)13-10/h4-5,7H,6,12H2,1-3H3. The van der Waals surface area contributed by atoms with Crippen molar-refractivity contribution in [3.8, 4) is 0 Å². The molecule has 0 radical (unpaired) electrons. The van der Waals surface area contributed by atoms with Crippen molar-refractivity contribution in [1.29, 1.82) is 0 Å². The number of rotatable bonds is 4. The van der Waals surface area contributed by atoms with E-state index in [1.54, 1.807) is 23.9 Å². The number of nitrogens with zero attached hydrogens (tertiary/aromatic N) is 2. The van der Waals surface area contributed by atoms with Crippen LogP contribution in [0.2, 0.25) is 5.15 Å². The van der Waals surface area contributed by atoms with E-state index in [9.17, 15) is 0 Å². The minimum absolute atomic E-state index is 0.383. The second kappa shape index (κ2) is 5.47. The van der Waals surface area contributed by atoms with Crippen molar-refractivity contribution in [2.24, 2.45) is 0 Å². The fourth-order valence-corrected chi connectivity index (χ4v) is 2.13. The summed E-state index contributed by atoms with van der Waals surface area (Å²) < 4.78 is 0. The average Bonchev–Trinajstić information content (AvgIpc) is 2.21. The zero-order valence-electron chi connectivity index (χ0n) is 9.20. The third-order valence-corrected chi connectivity index (χ3v) is 3.30. The molecule has 0 aliphatic rings. The Morgan fingerprint density at radius 3 is 2.87 bits per heavy atom. The van der Waals surface area contributed by atoms with Gasteiger partial charge in [-0.15, -0.1) is 0 Å². The van der Waals surface area contributed by atoms with Gasteiger partial charge in [0.2, 0.25) is 0 Å². The first-order valence-electron chi connectivity index (χ1n) is 4.70. The lowest BCUT2D eigenvalue weighted by Gasteiger charge is -2.26. The quantitative estimate of drug-likeness (QED) is 0.828. The normalized spacial score (nSPS) is 12.5. The van der Waals surface area contributed by atoms with Gasteiger partial charge in [-0.05, 0) is 25.3 Å².